The van der Waals surface area contributed by atoms with Crippen molar-refractivity contribution in [2.45, 2.75) is 17.9 Å². The van der Waals surface area contributed by atoms with Crippen LogP contribution in [0.25, 0.3) is 0 Å². The highest BCUT2D eigenvalue weighted by Crippen LogP contribution is 2.24. The van der Waals surface area contributed by atoms with Gasteiger partial charge in [-0.3, -0.25) is 19.3 Å². The summed E-state index contributed by atoms with van der Waals surface area (Å²) in [5, 5.41) is 3.19. The number of benzene rings is 3. The Hall–Kier alpha value is -3.69. The van der Waals surface area contributed by atoms with Gasteiger partial charge in [-0.2, -0.15) is 0 Å². The molecule has 1 aliphatic heterocycles. The molecular formula is C24H20ClN3O5S. The number of amidine groups is 1. The predicted octanol–water partition coefficient (Wildman–Crippen LogP) is 3.61. The van der Waals surface area contributed by atoms with E-state index in [0.29, 0.717) is 21.8 Å². The summed E-state index contributed by atoms with van der Waals surface area (Å²) in [4.78, 5) is 29.8. The highest BCUT2D eigenvalue weighted by atomic mass is 35.5. The molecular weight excluding hydrogens is 478 g/mol. The van der Waals surface area contributed by atoms with Crippen molar-refractivity contribution >= 4 is 45.0 Å². The van der Waals surface area contributed by atoms with Crippen LogP contribution in [0.1, 0.15) is 22.8 Å². The number of aryl methyl sites for hydroxylation is 1. The largest absolute Gasteiger partial charge is 0.446 e. The fourth-order valence-corrected chi connectivity index (χ4v) is 4.77. The van der Waals surface area contributed by atoms with Gasteiger partial charge in [0, 0.05) is 21.8 Å². The van der Waals surface area contributed by atoms with Gasteiger partial charge in [-0.15, -0.1) is 0 Å². The number of hydrogen-bond acceptors (Lipinski definition) is 6. The molecule has 1 unspecified atom stereocenters. The summed E-state index contributed by atoms with van der Waals surface area (Å²) in [6.45, 7) is 1.35. The Morgan fingerprint density at radius 1 is 1.06 bits per heavy atom. The van der Waals surface area contributed by atoms with Crippen molar-refractivity contribution in [2.24, 2.45) is 4.99 Å². The van der Waals surface area contributed by atoms with Crippen molar-refractivity contribution in [1.82, 2.24) is 4.72 Å². The van der Waals surface area contributed by atoms with Crippen LogP contribution in [0.15, 0.2) is 82.7 Å². The average molecular weight is 498 g/mol. The molecule has 1 aliphatic rings. The van der Waals surface area contributed by atoms with Gasteiger partial charge in [0.1, 0.15) is 12.4 Å². The zero-order chi connectivity index (χ0) is 24.3. The van der Waals surface area contributed by atoms with E-state index in [0.717, 1.165) is 5.56 Å². The maximum absolute atomic E-state index is 13.0. The number of fused-ring (bicyclic) bond motifs is 1. The summed E-state index contributed by atoms with van der Waals surface area (Å²) in [6.07, 6.45) is -1.25. The summed E-state index contributed by atoms with van der Waals surface area (Å²) in [7, 11) is -3.73. The number of nitrogens with one attached hydrogen (secondary N) is 2. The second-order valence-corrected chi connectivity index (χ2v) is 9.56. The van der Waals surface area contributed by atoms with Crippen molar-refractivity contribution in [1.29, 1.82) is 0 Å². The Balaban J connectivity index is 1.52. The molecule has 1 amide bonds. The van der Waals surface area contributed by atoms with E-state index in [1.165, 1.54) is 6.07 Å². The number of aliphatic imine (C=N–C) groups is 1. The Kier molecular flexibility index (Phi) is 6.67. The van der Waals surface area contributed by atoms with Gasteiger partial charge >= 0.3 is 5.97 Å². The number of carbonyl (C=O) groups excluding carboxylic acids is 2. The van der Waals surface area contributed by atoms with Gasteiger partial charge in [-0.25, -0.2) is 8.42 Å². The third-order valence-corrected chi connectivity index (χ3v) is 6.86. The lowest BCUT2D eigenvalue weighted by Crippen LogP contribution is -2.27. The van der Waals surface area contributed by atoms with Crippen LogP contribution in [0.3, 0.4) is 0 Å². The number of halogens is 1. The van der Waals surface area contributed by atoms with Crippen molar-refractivity contribution in [3.63, 3.8) is 0 Å². The first kappa shape index (κ1) is 23.5. The summed E-state index contributed by atoms with van der Waals surface area (Å²) in [5.41, 5.74) is 2.14. The maximum Gasteiger partial charge on any atom is 0.328 e. The minimum atomic E-state index is -3.73. The summed E-state index contributed by atoms with van der Waals surface area (Å²) >= 11 is 6.14. The standard InChI is InChI=1S/C24H20ClN3O5S/c1-15-11-12-17(13-19(15)25)27-24(30)22(16-7-3-2-4-8-16)33-21(29)14-26-23-18-9-5-6-10-20(18)34(31,32)28-23/h2-13,22H,14H2,1H3,(H,26,28)(H,27,30). The van der Waals surface area contributed by atoms with Crippen LogP contribution in [0.5, 0.6) is 0 Å². The molecule has 0 fully saturated rings. The number of amides is 1. The van der Waals surface area contributed by atoms with Crippen LogP contribution in [-0.4, -0.2) is 32.7 Å². The molecule has 3 aromatic rings. The third kappa shape index (κ3) is 5.11. The number of carbonyl (C=O) groups is 2. The SMILES string of the molecule is Cc1ccc(NC(=O)C(OC(=O)CN=C2NS(=O)(=O)c3ccccc32)c2ccccc2)cc1Cl. The molecule has 0 radical (unpaired) electrons. The molecule has 10 heteroatoms. The summed E-state index contributed by atoms with van der Waals surface area (Å²) in [6, 6.07) is 19.9. The number of esters is 1. The van der Waals surface area contributed by atoms with E-state index in [-0.39, 0.29) is 10.7 Å². The zero-order valence-corrected chi connectivity index (χ0v) is 19.6. The van der Waals surface area contributed by atoms with Crippen molar-refractivity contribution < 1.29 is 22.7 Å². The highest BCUT2D eigenvalue weighted by molar-refractivity contribution is 7.90. The Labute approximate surface area is 201 Å². The minimum Gasteiger partial charge on any atom is -0.446 e. The predicted molar refractivity (Wildman–Crippen MR) is 128 cm³/mol. The first-order chi connectivity index (χ1) is 16.2. The Bertz CT molecular complexity index is 1390. The molecule has 0 spiro atoms. The molecule has 0 saturated carbocycles. The monoisotopic (exact) mass is 497 g/mol. The zero-order valence-electron chi connectivity index (χ0n) is 18.0. The second-order valence-electron chi connectivity index (χ2n) is 7.50. The quantitative estimate of drug-likeness (QED) is 0.505. The average Bonchev–Trinajstić information content (AvgIpc) is 3.09. The van der Waals surface area contributed by atoms with Crippen molar-refractivity contribution in [2.75, 3.05) is 11.9 Å². The van der Waals surface area contributed by atoms with Gasteiger partial charge in [0.25, 0.3) is 15.9 Å². The first-order valence-corrected chi connectivity index (χ1v) is 12.1. The number of rotatable bonds is 6. The van der Waals surface area contributed by atoms with E-state index in [4.69, 9.17) is 16.3 Å². The molecule has 4 rings (SSSR count). The van der Waals surface area contributed by atoms with Gasteiger partial charge in [0.05, 0.1) is 4.90 Å². The molecule has 34 heavy (non-hydrogen) atoms. The van der Waals surface area contributed by atoms with E-state index < -0.39 is 34.5 Å². The Morgan fingerprint density at radius 2 is 1.76 bits per heavy atom. The second kappa shape index (κ2) is 9.66. The van der Waals surface area contributed by atoms with Gasteiger partial charge in [0.2, 0.25) is 6.10 Å². The molecule has 1 heterocycles. The lowest BCUT2D eigenvalue weighted by molar-refractivity contribution is -0.153. The highest BCUT2D eigenvalue weighted by Gasteiger charge is 2.31. The molecule has 0 bridgehead atoms. The lowest BCUT2D eigenvalue weighted by atomic mass is 10.1. The summed E-state index contributed by atoms with van der Waals surface area (Å²) in [5.74, 6) is -1.33. The lowest BCUT2D eigenvalue weighted by Gasteiger charge is -2.18. The van der Waals surface area contributed by atoms with Crippen LogP contribution in [-0.2, 0) is 24.3 Å². The van der Waals surface area contributed by atoms with E-state index in [1.807, 2.05) is 6.92 Å². The van der Waals surface area contributed by atoms with Gasteiger partial charge in [-0.05, 0) is 36.8 Å². The van der Waals surface area contributed by atoms with Crippen LogP contribution in [0, 0.1) is 6.92 Å². The molecule has 1 atom stereocenters. The topological polar surface area (TPSA) is 114 Å². The molecule has 0 aromatic heterocycles. The fraction of sp³-hybridized carbons (Fsp3) is 0.125. The fourth-order valence-electron chi connectivity index (χ4n) is 3.34. The third-order valence-electron chi connectivity index (χ3n) is 5.06. The summed E-state index contributed by atoms with van der Waals surface area (Å²) < 4.78 is 32.2. The minimum absolute atomic E-state index is 0.0440. The molecule has 174 valence electrons. The van der Waals surface area contributed by atoms with E-state index in [2.05, 4.69) is 15.0 Å². The number of hydrogen-bond donors (Lipinski definition) is 2. The number of anilines is 1. The van der Waals surface area contributed by atoms with Crippen LogP contribution in [0.4, 0.5) is 5.69 Å². The number of sulfonamides is 1. The molecule has 8 nitrogen and oxygen atoms in total. The molecule has 2 N–H and O–H groups in total. The first-order valence-electron chi connectivity index (χ1n) is 10.2. The van der Waals surface area contributed by atoms with Gasteiger partial charge < -0.3 is 10.1 Å². The van der Waals surface area contributed by atoms with E-state index >= 15 is 0 Å². The van der Waals surface area contributed by atoms with E-state index in [9.17, 15) is 18.0 Å². The number of ether oxygens (including phenoxy) is 1. The van der Waals surface area contributed by atoms with Crippen LogP contribution < -0.4 is 10.0 Å². The smallest absolute Gasteiger partial charge is 0.328 e. The molecule has 0 saturated heterocycles. The van der Waals surface area contributed by atoms with Crippen molar-refractivity contribution in [3.05, 3.63) is 94.5 Å². The Morgan fingerprint density at radius 3 is 2.50 bits per heavy atom. The van der Waals surface area contributed by atoms with Gasteiger partial charge in [-0.1, -0.05) is 60.1 Å². The normalized spacial score (nSPS) is 15.8. The van der Waals surface area contributed by atoms with Crippen LogP contribution >= 0.6 is 11.6 Å². The van der Waals surface area contributed by atoms with Crippen molar-refractivity contribution in [3.8, 4) is 0 Å². The van der Waals surface area contributed by atoms with E-state index in [1.54, 1.807) is 66.7 Å². The van der Waals surface area contributed by atoms with Gasteiger partial charge in [0.15, 0.2) is 0 Å². The van der Waals surface area contributed by atoms with Crippen LogP contribution in [0.2, 0.25) is 5.02 Å². The molecule has 3 aromatic carbocycles. The molecule has 0 aliphatic carbocycles. The number of nitrogens with zero attached hydrogens (tertiary/aromatic N) is 1. The maximum atomic E-state index is 13.0.